The Labute approximate surface area is 77.4 Å². The Morgan fingerprint density at radius 2 is 1.92 bits per heavy atom. The smallest absolute Gasteiger partial charge is 0.105 e. The molecular weight excluding hydrogens is 220 g/mol. The van der Waals surface area contributed by atoms with Gasteiger partial charge in [-0.05, 0) is 22.0 Å². The van der Waals surface area contributed by atoms with Crippen molar-refractivity contribution in [2.45, 2.75) is 0 Å². The molecule has 0 atom stereocenters. The molecule has 0 spiro atoms. The molecule has 2 rings (SSSR count). The molecule has 12 heavy (non-hydrogen) atoms. The summed E-state index contributed by atoms with van der Waals surface area (Å²) in [6.45, 7) is 0. The molecule has 2 aromatic heterocycles. The Morgan fingerprint density at radius 1 is 1.17 bits per heavy atom. The topological polar surface area (TPSA) is 43.6 Å². The molecule has 0 aliphatic carbocycles. The van der Waals surface area contributed by atoms with Crippen molar-refractivity contribution >= 4 is 15.9 Å². The van der Waals surface area contributed by atoms with Crippen molar-refractivity contribution in [1.29, 1.82) is 0 Å². The average molecular weight is 225 g/mol. The normalized spacial score (nSPS) is 10.1. The van der Waals surface area contributed by atoms with E-state index in [0.717, 1.165) is 10.2 Å². The lowest BCUT2D eigenvalue weighted by Crippen LogP contribution is -1.98. The van der Waals surface area contributed by atoms with Crippen LogP contribution in [0.1, 0.15) is 0 Å². The Kier molecular flexibility index (Phi) is 1.87. The van der Waals surface area contributed by atoms with Crippen molar-refractivity contribution in [2.24, 2.45) is 0 Å². The number of pyridine rings is 1. The van der Waals surface area contributed by atoms with Gasteiger partial charge in [0.05, 0.1) is 18.6 Å². The maximum absolute atomic E-state index is 3.99. The first-order valence-electron chi connectivity index (χ1n) is 3.33. The number of hydrogen-bond donors (Lipinski definition) is 0. The van der Waals surface area contributed by atoms with Crippen LogP contribution in [0.25, 0.3) is 5.69 Å². The Balaban J connectivity index is 2.48. The second-order valence-electron chi connectivity index (χ2n) is 2.18. The van der Waals surface area contributed by atoms with Gasteiger partial charge in [0.15, 0.2) is 0 Å². The molecule has 0 radical (unpaired) electrons. The highest BCUT2D eigenvalue weighted by molar-refractivity contribution is 9.10. The molecule has 60 valence electrons. The van der Waals surface area contributed by atoms with Crippen molar-refractivity contribution in [1.82, 2.24) is 20.0 Å². The van der Waals surface area contributed by atoms with Crippen LogP contribution in [-0.4, -0.2) is 20.0 Å². The van der Waals surface area contributed by atoms with Crippen LogP contribution < -0.4 is 0 Å². The van der Waals surface area contributed by atoms with Crippen LogP contribution in [0.15, 0.2) is 35.3 Å². The highest BCUT2D eigenvalue weighted by atomic mass is 79.9. The molecule has 4 nitrogen and oxygen atoms in total. The van der Waals surface area contributed by atoms with Gasteiger partial charge in [0.1, 0.15) is 5.69 Å². The molecule has 0 N–H and O–H groups in total. The van der Waals surface area contributed by atoms with Gasteiger partial charge in [-0.2, -0.15) is 15.0 Å². The van der Waals surface area contributed by atoms with Gasteiger partial charge < -0.3 is 0 Å². The summed E-state index contributed by atoms with van der Waals surface area (Å²) in [6, 6.07) is 1.90. The molecule has 0 amide bonds. The van der Waals surface area contributed by atoms with Crippen LogP contribution in [-0.2, 0) is 0 Å². The summed E-state index contributed by atoms with van der Waals surface area (Å²) in [7, 11) is 0. The van der Waals surface area contributed by atoms with Gasteiger partial charge in [-0.3, -0.25) is 4.98 Å². The Hall–Kier alpha value is -1.23. The first kappa shape index (κ1) is 7.42. The third kappa shape index (κ3) is 1.35. The van der Waals surface area contributed by atoms with E-state index in [1.165, 1.54) is 4.80 Å². The van der Waals surface area contributed by atoms with E-state index in [0.29, 0.717) is 0 Å². The molecular formula is C7H5BrN4. The molecule has 0 unspecified atom stereocenters. The minimum absolute atomic E-state index is 0.842. The number of hydrogen-bond acceptors (Lipinski definition) is 3. The van der Waals surface area contributed by atoms with Crippen molar-refractivity contribution in [3.05, 3.63) is 35.3 Å². The minimum atomic E-state index is 0.842. The summed E-state index contributed by atoms with van der Waals surface area (Å²) in [5.41, 5.74) is 0.842. The maximum Gasteiger partial charge on any atom is 0.105 e. The minimum Gasteiger partial charge on any atom is -0.261 e. The number of halogens is 1. The fourth-order valence-corrected chi connectivity index (χ4v) is 1.21. The molecule has 5 heteroatoms. The third-order valence-corrected chi connectivity index (χ3v) is 1.77. The van der Waals surface area contributed by atoms with Gasteiger partial charge >= 0.3 is 0 Å². The van der Waals surface area contributed by atoms with E-state index in [2.05, 4.69) is 31.1 Å². The number of rotatable bonds is 1. The zero-order chi connectivity index (χ0) is 8.39. The van der Waals surface area contributed by atoms with Gasteiger partial charge in [0, 0.05) is 10.7 Å². The van der Waals surface area contributed by atoms with Crippen LogP contribution in [0.5, 0.6) is 0 Å². The summed E-state index contributed by atoms with van der Waals surface area (Å²) in [5, 5.41) is 7.94. The van der Waals surface area contributed by atoms with E-state index in [1.54, 1.807) is 24.8 Å². The lowest BCUT2D eigenvalue weighted by atomic mass is 10.4. The Morgan fingerprint density at radius 3 is 2.58 bits per heavy atom. The van der Waals surface area contributed by atoms with E-state index >= 15 is 0 Å². The van der Waals surface area contributed by atoms with Gasteiger partial charge in [-0.1, -0.05) is 0 Å². The number of nitrogens with zero attached hydrogens (tertiary/aromatic N) is 4. The molecule has 0 aliphatic rings. The molecule has 0 saturated carbocycles. The molecule has 0 aromatic carbocycles. The average Bonchev–Trinajstić information content (AvgIpc) is 2.56. The second kappa shape index (κ2) is 3.02. The van der Waals surface area contributed by atoms with E-state index in [9.17, 15) is 0 Å². The van der Waals surface area contributed by atoms with E-state index in [-0.39, 0.29) is 0 Å². The van der Waals surface area contributed by atoms with E-state index < -0.39 is 0 Å². The van der Waals surface area contributed by atoms with Gasteiger partial charge in [0.2, 0.25) is 0 Å². The lowest BCUT2D eigenvalue weighted by Gasteiger charge is -1.97. The molecule has 0 bridgehead atoms. The summed E-state index contributed by atoms with van der Waals surface area (Å²) in [4.78, 5) is 5.50. The van der Waals surface area contributed by atoms with Crippen molar-refractivity contribution in [3.8, 4) is 5.69 Å². The quantitative estimate of drug-likeness (QED) is 0.737. The Bertz CT molecular complexity index is 371. The largest absolute Gasteiger partial charge is 0.261 e. The summed E-state index contributed by atoms with van der Waals surface area (Å²) in [5.74, 6) is 0. The molecule has 0 fully saturated rings. The highest BCUT2D eigenvalue weighted by Crippen LogP contribution is 2.11. The van der Waals surface area contributed by atoms with Crippen LogP contribution in [0.3, 0.4) is 0 Å². The summed E-state index contributed by atoms with van der Waals surface area (Å²) in [6.07, 6.45) is 6.67. The zero-order valence-electron chi connectivity index (χ0n) is 6.05. The van der Waals surface area contributed by atoms with Gasteiger partial charge in [-0.15, -0.1) is 0 Å². The molecule has 0 saturated heterocycles. The van der Waals surface area contributed by atoms with Crippen molar-refractivity contribution in [3.63, 3.8) is 0 Å². The van der Waals surface area contributed by atoms with Gasteiger partial charge in [0.25, 0.3) is 0 Å². The SMILES string of the molecule is Brc1cncc(-n2nccn2)c1. The fraction of sp³-hybridized carbons (Fsp3) is 0. The molecule has 2 heterocycles. The first-order chi connectivity index (χ1) is 5.86. The first-order valence-corrected chi connectivity index (χ1v) is 4.13. The third-order valence-electron chi connectivity index (χ3n) is 1.34. The van der Waals surface area contributed by atoms with Crippen LogP contribution >= 0.6 is 15.9 Å². The lowest BCUT2D eigenvalue weighted by molar-refractivity contribution is 0.747. The predicted molar refractivity (Wildman–Crippen MR) is 46.9 cm³/mol. The van der Waals surface area contributed by atoms with Crippen LogP contribution in [0.4, 0.5) is 0 Å². The maximum atomic E-state index is 3.99. The molecule has 2 aromatic rings. The molecule has 0 aliphatic heterocycles. The second-order valence-corrected chi connectivity index (χ2v) is 3.10. The number of aromatic nitrogens is 4. The fourth-order valence-electron chi connectivity index (χ4n) is 0.859. The van der Waals surface area contributed by atoms with Crippen molar-refractivity contribution < 1.29 is 0 Å². The predicted octanol–water partition coefficient (Wildman–Crippen LogP) is 1.42. The highest BCUT2D eigenvalue weighted by Gasteiger charge is 1.97. The zero-order valence-corrected chi connectivity index (χ0v) is 7.64. The van der Waals surface area contributed by atoms with E-state index in [1.807, 2.05) is 6.07 Å². The summed E-state index contributed by atoms with van der Waals surface area (Å²) < 4.78 is 0.914. The van der Waals surface area contributed by atoms with E-state index in [4.69, 9.17) is 0 Å². The standard InChI is InChI=1S/C7H5BrN4/c8-6-3-7(5-9-4-6)12-10-1-2-11-12/h1-5H. The summed E-state index contributed by atoms with van der Waals surface area (Å²) >= 11 is 3.32. The van der Waals surface area contributed by atoms with Gasteiger partial charge in [-0.25, -0.2) is 0 Å². The van der Waals surface area contributed by atoms with Crippen LogP contribution in [0, 0.1) is 0 Å². The van der Waals surface area contributed by atoms with Crippen molar-refractivity contribution in [2.75, 3.05) is 0 Å². The van der Waals surface area contributed by atoms with Crippen LogP contribution in [0.2, 0.25) is 0 Å². The monoisotopic (exact) mass is 224 g/mol.